The molecule has 0 unspecified atom stereocenters. The summed E-state index contributed by atoms with van der Waals surface area (Å²) in [5, 5.41) is 5.83. The summed E-state index contributed by atoms with van der Waals surface area (Å²) in [5.74, 6) is -0.0791. The molecule has 1 aromatic carbocycles. The van der Waals surface area contributed by atoms with Gasteiger partial charge in [0, 0.05) is 6.04 Å². The number of nitrogens with one attached hydrogen (secondary N) is 2. The van der Waals surface area contributed by atoms with Crippen molar-refractivity contribution >= 4 is 11.6 Å². The van der Waals surface area contributed by atoms with Crippen molar-refractivity contribution in [3.8, 4) is 5.75 Å². The number of ether oxygens (including phenoxy) is 1. The summed E-state index contributed by atoms with van der Waals surface area (Å²) in [7, 11) is 0. The summed E-state index contributed by atoms with van der Waals surface area (Å²) < 4.78 is 41.6. The van der Waals surface area contributed by atoms with Crippen LogP contribution in [0.5, 0.6) is 5.75 Å². The van der Waals surface area contributed by atoms with Crippen molar-refractivity contribution in [2.24, 2.45) is 0 Å². The number of carbonyl (C=O) groups excluding carboxylic acids is 1. The van der Waals surface area contributed by atoms with Crippen LogP contribution in [0.25, 0.3) is 0 Å². The predicted molar refractivity (Wildman–Crippen MR) is 86.1 cm³/mol. The highest BCUT2D eigenvalue weighted by atomic mass is 19.4. The average molecular weight is 344 g/mol. The molecule has 1 saturated carbocycles. The van der Waals surface area contributed by atoms with Gasteiger partial charge in [-0.15, -0.1) is 0 Å². The number of amides is 1. The van der Waals surface area contributed by atoms with Crippen molar-refractivity contribution in [3.05, 3.63) is 24.3 Å². The number of para-hydroxylation sites is 2. The van der Waals surface area contributed by atoms with Gasteiger partial charge in [0.05, 0.1) is 12.2 Å². The summed E-state index contributed by atoms with van der Waals surface area (Å²) in [5.41, 5.74) is 0.373. The minimum absolute atomic E-state index is 0.00287. The molecule has 0 heterocycles. The van der Waals surface area contributed by atoms with Crippen LogP contribution in [0.4, 0.5) is 18.9 Å². The van der Waals surface area contributed by atoms with E-state index in [1.807, 2.05) is 0 Å². The van der Waals surface area contributed by atoms with E-state index in [1.54, 1.807) is 18.2 Å². The Bertz CT molecular complexity index is 527. The molecule has 0 atom stereocenters. The van der Waals surface area contributed by atoms with Crippen LogP contribution in [0.2, 0.25) is 0 Å². The van der Waals surface area contributed by atoms with Crippen LogP contribution < -0.4 is 15.4 Å². The van der Waals surface area contributed by atoms with Gasteiger partial charge in [-0.25, -0.2) is 0 Å². The van der Waals surface area contributed by atoms with Gasteiger partial charge in [-0.3, -0.25) is 4.79 Å². The van der Waals surface area contributed by atoms with Crippen molar-refractivity contribution in [1.29, 1.82) is 0 Å². The first-order chi connectivity index (χ1) is 11.4. The maximum atomic E-state index is 12.3. The molecule has 1 aliphatic rings. The Kier molecular flexibility index (Phi) is 6.75. The first-order valence-electron chi connectivity index (χ1n) is 8.26. The van der Waals surface area contributed by atoms with E-state index in [-0.39, 0.29) is 24.2 Å². The number of rotatable bonds is 6. The molecule has 0 saturated heterocycles. The Morgan fingerprint density at radius 1 is 1.12 bits per heavy atom. The molecule has 0 spiro atoms. The molecule has 1 aliphatic carbocycles. The van der Waals surface area contributed by atoms with Crippen LogP contribution in [0.1, 0.15) is 38.5 Å². The maximum Gasteiger partial charge on any atom is 0.422 e. The highest BCUT2D eigenvalue weighted by Crippen LogP contribution is 2.26. The number of hydrogen-bond donors (Lipinski definition) is 2. The molecule has 1 fully saturated rings. The smallest absolute Gasteiger partial charge is 0.422 e. The van der Waals surface area contributed by atoms with Crippen LogP contribution in [0, 0.1) is 0 Å². The van der Waals surface area contributed by atoms with E-state index >= 15 is 0 Å². The number of carbonyl (C=O) groups is 1. The minimum Gasteiger partial charge on any atom is -0.482 e. The van der Waals surface area contributed by atoms with E-state index in [1.165, 1.54) is 18.9 Å². The van der Waals surface area contributed by atoms with E-state index < -0.39 is 12.8 Å². The Hall–Kier alpha value is -1.92. The highest BCUT2D eigenvalue weighted by Gasteiger charge is 2.28. The van der Waals surface area contributed by atoms with Crippen molar-refractivity contribution < 1.29 is 22.7 Å². The number of anilines is 1. The Labute approximate surface area is 139 Å². The van der Waals surface area contributed by atoms with Gasteiger partial charge in [-0.2, -0.15) is 13.2 Å². The van der Waals surface area contributed by atoms with Crippen molar-refractivity contribution in [2.45, 2.75) is 50.7 Å². The quantitative estimate of drug-likeness (QED) is 0.770. The van der Waals surface area contributed by atoms with Crippen LogP contribution >= 0.6 is 0 Å². The zero-order chi connectivity index (χ0) is 17.4. The van der Waals surface area contributed by atoms with Crippen molar-refractivity contribution in [3.63, 3.8) is 0 Å². The van der Waals surface area contributed by atoms with Crippen molar-refractivity contribution in [1.82, 2.24) is 5.32 Å². The van der Waals surface area contributed by atoms with E-state index in [2.05, 4.69) is 10.6 Å². The minimum atomic E-state index is -4.40. The van der Waals surface area contributed by atoms with Crippen LogP contribution in [-0.4, -0.2) is 31.3 Å². The third-order valence-corrected chi connectivity index (χ3v) is 3.94. The molecule has 0 radical (unpaired) electrons. The van der Waals surface area contributed by atoms with Gasteiger partial charge in [-0.05, 0) is 25.0 Å². The second-order valence-corrected chi connectivity index (χ2v) is 6.01. The molecule has 134 valence electrons. The van der Waals surface area contributed by atoms with Crippen LogP contribution in [-0.2, 0) is 4.79 Å². The molecule has 1 amide bonds. The van der Waals surface area contributed by atoms with Gasteiger partial charge in [0.2, 0.25) is 5.91 Å². The maximum absolute atomic E-state index is 12.3. The summed E-state index contributed by atoms with van der Waals surface area (Å²) >= 11 is 0. The molecule has 1 aromatic rings. The molecule has 2 N–H and O–H groups in total. The fourth-order valence-corrected chi connectivity index (χ4v) is 2.78. The zero-order valence-electron chi connectivity index (χ0n) is 13.5. The van der Waals surface area contributed by atoms with Gasteiger partial charge >= 0.3 is 6.18 Å². The van der Waals surface area contributed by atoms with Gasteiger partial charge in [-0.1, -0.05) is 37.8 Å². The molecule has 0 bridgehead atoms. The summed E-state index contributed by atoms with van der Waals surface area (Å²) in [6.45, 7) is -1.36. The largest absolute Gasteiger partial charge is 0.482 e. The third kappa shape index (κ3) is 6.68. The van der Waals surface area contributed by atoms with Crippen molar-refractivity contribution in [2.75, 3.05) is 18.5 Å². The number of halogens is 3. The number of benzene rings is 1. The number of hydrogen-bond acceptors (Lipinski definition) is 3. The van der Waals surface area contributed by atoms with Crippen LogP contribution in [0.15, 0.2) is 24.3 Å². The van der Waals surface area contributed by atoms with E-state index in [0.717, 1.165) is 25.7 Å². The fourth-order valence-electron chi connectivity index (χ4n) is 2.78. The zero-order valence-corrected chi connectivity index (χ0v) is 13.5. The average Bonchev–Trinajstić information content (AvgIpc) is 2.79. The lowest BCUT2D eigenvalue weighted by Crippen LogP contribution is -2.38. The lowest BCUT2D eigenvalue weighted by molar-refractivity contribution is -0.153. The lowest BCUT2D eigenvalue weighted by Gasteiger charge is -2.18. The molecule has 0 aliphatic heterocycles. The molecular weight excluding hydrogens is 321 g/mol. The molecule has 7 heteroatoms. The highest BCUT2D eigenvalue weighted by molar-refractivity contribution is 5.81. The standard InChI is InChI=1S/C17H23F3N2O2/c18-17(19,20)12-24-15-10-6-5-9-14(15)21-11-16(23)22-13-7-3-1-2-4-8-13/h5-6,9-10,13,21H,1-4,7-8,11-12H2,(H,22,23). The normalized spacial score (nSPS) is 16.3. The van der Waals surface area contributed by atoms with E-state index in [9.17, 15) is 18.0 Å². The summed E-state index contributed by atoms with van der Waals surface area (Å²) in [4.78, 5) is 12.0. The monoisotopic (exact) mass is 344 g/mol. The van der Waals surface area contributed by atoms with Gasteiger partial charge < -0.3 is 15.4 Å². The first-order valence-corrected chi connectivity index (χ1v) is 8.26. The molecule has 2 rings (SSSR count). The second kappa shape index (κ2) is 8.80. The van der Waals surface area contributed by atoms with Gasteiger partial charge in [0.15, 0.2) is 6.61 Å². The fraction of sp³-hybridized carbons (Fsp3) is 0.588. The van der Waals surface area contributed by atoms with Crippen LogP contribution in [0.3, 0.4) is 0 Å². The second-order valence-electron chi connectivity index (χ2n) is 6.01. The Morgan fingerprint density at radius 2 is 1.79 bits per heavy atom. The molecular formula is C17H23F3N2O2. The topological polar surface area (TPSA) is 50.4 Å². The molecule has 24 heavy (non-hydrogen) atoms. The first kappa shape index (κ1) is 18.4. The number of alkyl halides is 3. The van der Waals surface area contributed by atoms with E-state index in [0.29, 0.717) is 5.69 Å². The van der Waals surface area contributed by atoms with E-state index in [4.69, 9.17) is 4.74 Å². The Morgan fingerprint density at radius 3 is 2.46 bits per heavy atom. The lowest BCUT2D eigenvalue weighted by atomic mass is 10.1. The Balaban J connectivity index is 1.83. The third-order valence-electron chi connectivity index (χ3n) is 3.94. The van der Waals surface area contributed by atoms with Gasteiger partial charge in [0.1, 0.15) is 5.75 Å². The molecule has 4 nitrogen and oxygen atoms in total. The summed E-state index contributed by atoms with van der Waals surface area (Å²) in [6, 6.07) is 6.48. The SMILES string of the molecule is O=C(CNc1ccccc1OCC(F)(F)F)NC1CCCCCC1. The predicted octanol–water partition coefficient (Wildman–Crippen LogP) is 3.88. The molecule has 0 aromatic heterocycles. The summed E-state index contributed by atoms with van der Waals surface area (Å²) in [6.07, 6.45) is 2.21. The van der Waals surface area contributed by atoms with Gasteiger partial charge in [0.25, 0.3) is 0 Å².